The quantitative estimate of drug-likeness (QED) is 0.384. The lowest BCUT2D eigenvalue weighted by Gasteiger charge is -2.24. The Hall–Kier alpha value is -0.170. The van der Waals surface area contributed by atoms with Crippen LogP contribution < -0.4 is 5.32 Å². The van der Waals surface area contributed by atoms with Gasteiger partial charge in [-0.2, -0.15) is 0 Å². The van der Waals surface area contributed by atoms with E-state index in [1.165, 1.54) is 0 Å². The van der Waals surface area contributed by atoms with Gasteiger partial charge in [0.05, 0.1) is 10.5 Å². The Labute approximate surface area is 124 Å². The third-order valence-electron chi connectivity index (χ3n) is 2.70. The SMILES string of the molecule is CC(C)CC(C(=O)NCCCC(=O)CI)N(C)C. The second kappa shape index (κ2) is 9.72. The summed E-state index contributed by atoms with van der Waals surface area (Å²) in [6.07, 6.45) is 2.14. The van der Waals surface area contributed by atoms with Crippen molar-refractivity contribution >= 4 is 34.3 Å². The number of Topliss-reactive ketones (excluding diaryl/α,β-unsaturated/α-hetero) is 1. The van der Waals surface area contributed by atoms with Crippen molar-refractivity contribution in [2.24, 2.45) is 5.92 Å². The molecule has 5 heteroatoms. The first-order chi connectivity index (χ1) is 8.38. The maximum atomic E-state index is 12.0. The van der Waals surface area contributed by atoms with Gasteiger partial charge < -0.3 is 5.32 Å². The van der Waals surface area contributed by atoms with E-state index in [0.717, 1.165) is 12.8 Å². The fraction of sp³-hybridized carbons (Fsp3) is 0.846. The molecule has 0 rings (SSSR count). The molecule has 0 aromatic rings. The summed E-state index contributed by atoms with van der Waals surface area (Å²) in [4.78, 5) is 25.1. The number of halogens is 1. The van der Waals surface area contributed by atoms with Gasteiger partial charge in [-0.15, -0.1) is 0 Å². The van der Waals surface area contributed by atoms with Gasteiger partial charge in [0.2, 0.25) is 5.91 Å². The van der Waals surface area contributed by atoms with Crippen LogP contribution >= 0.6 is 22.6 Å². The summed E-state index contributed by atoms with van der Waals surface area (Å²) >= 11 is 2.07. The molecule has 0 aliphatic heterocycles. The number of carbonyl (C=O) groups excluding carboxylic acids is 2. The second-order valence-electron chi connectivity index (χ2n) is 5.18. The number of hydrogen-bond acceptors (Lipinski definition) is 3. The van der Waals surface area contributed by atoms with Crippen LogP contribution in [0.5, 0.6) is 0 Å². The largest absolute Gasteiger partial charge is 0.355 e. The molecular formula is C13H25IN2O2. The molecule has 0 saturated heterocycles. The third kappa shape index (κ3) is 8.02. The maximum Gasteiger partial charge on any atom is 0.237 e. The van der Waals surface area contributed by atoms with Gasteiger partial charge in [0.1, 0.15) is 5.78 Å². The third-order valence-corrected chi connectivity index (χ3v) is 3.55. The van der Waals surface area contributed by atoms with E-state index < -0.39 is 0 Å². The number of nitrogens with one attached hydrogen (secondary N) is 1. The van der Waals surface area contributed by atoms with Gasteiger partial charge in [0, 0.05) is 13.0 Å². The van der Waals surface area contributed by atoms with Crippen LogP contribution in [0.2, 0.25) is 0 Å². The van der Waals surface area contributed by atoms with Gasteiger partial charge in [-0.1, -0.05) is 36.4 Å². The van der Waals surface area contributed by atoms with E-state index in [0.29, 0.717) is 23.3 Å². The Bertz CT molecular complexity index is 268. The van der Waals surface area contributed by atoms with Crippen molar-refractivity contribution in [1.29, 1.82) is 0 Å². The number of alkyl halides is 1. The molecule has 0 radical (unpaired) electrons. The molecule has 0 aliphatic rings. The average Bonchev–Trinajstić information content (AvgIpc) is 2.30. The normalized spacial score (nSPS) is 12.8. The fourth-order valence-corrected chi connectivity index (χ4v) is 2.06. The summed E-state index contributed by atoms with van der Waals surface area (Å²) in [5.41, 5.74) is 0. The number of ketones is 1. The van der Waals surface area contributed by atoms with Gasteiger partial charge in [-0.05, 0) is 32.9 Å². The van der Waals surface area contributed by atoms with Crippen molar-refractivity contribution < 1.29 is 9.59 Å². The first-order valence-electron chi connectivity index (χ1n) is 6.40. The number of hydrogen-bond donors (Lipinski definition) is 1. The van der Waals surface area contributed by atoms with Gasteiger partial charge in [-0.25, -0.2) is 0 Å². The lowest BCUT2D eigenvalue weighted by atomic mass is 10.0. The van der Waals surface area contributed by atoms with Crippen molar-refractivity contribution in [3.63, 3.8) is 0 Å². The van der Waals surface area contributed by atoms with E-state index >= 15 is 0 Å². The predicted octanol–water partition coefficient (Wildman–Crippen LogP) is 1.86. The summed E-state index contributed by atoms with van der Waals surface area (Å²) < 4.78 is 0.555. The summed E-state index contributed by atoms with van der Waals surface area (Å²) in [5.74, 6) is 0.801. The lowest BCUT2D eigenvalue weighted by molar-refractivity contribution is -0.126. The summed E-state index contributed by atoms with van der Waals surface area (Å²) in [6.45, 7) is 4.81. The average molecular weight is 368 g/mol. The molecule has 0 fully saturated rings. The van der Waals surface area contributed by atoms with Crippen LogP contribution in [0, 0.1) is 5.92 Å². The first-order valence-corrected chi connectivity index (χ1v) is 7.92. The highest BCUT2D eigenvalue weighted by atomic mass is 127. The van der Waals surface area contributed by atoms with Gasteiger partial charge in [0.15, 0.2) is 0 Å². The van der Waals surface area contributed by atoms with Gasteiger partial charge in [0.25, 0.3) is 0 Å². The minimum atomic E-state index is -0.0784. The highest BCUT2D eigenvalue weighted by Crippen LogP contribution is 2.09. The number of amides is 1. The molecule has 1 unspecified atom stereocenters. The highest BCUT2D eigenvalue weighted by Gasteiger charge is 2.21. The summed E-state index contributed by atoms with van der Waals surface area (Å²) in [6, 6.07) is -0.0784. The number of likely N-dealkylation sites (N-methyl/N-ethyl adjacent to an activating group) is 1. The Morgan fingerprint density at radius 3 is 2.33 bits per heavy atom. The van der Waals surface area contributed by atoms with Crippen molar-refractivity contribution in [3.05, 3.63) is 0 Å². The van der Waals surface area contributed by atoms with Gasteiger partial charge >= 0.3 is 0 Å². The van der Waals surface area contributed by atoms with Crippen molar-refractivity contribution in [2.75, 3.05) is 25.1 Å². The molecule has 1 amide bonds. The first kappa shape index (κ1) is 17.8. The van der Waals surface area contributed by atoms with Crippen LogP contribution in [-0.4, -0.2) is 47.7 Å². The summed E-state index contributed by atoms with van der Waals surface area (Å²) in [5, 5.41) is 2.91. The predicted molar refractivity (Wildman–Crippen MR) is 83.1 cm³/mol. The molecule has 0 saturated carbocycles. The van der Waals surface area contributed by atoms with E-state index in [1.54, 1.807) is 0 Å². The van der Waals surface area contributed by atoms with Crippen LogP contribution in [0.1, 0.15) is 33.1 Å². The van der Waals surface area contributed by atoms with E-state index in [-0.39, 0.29) is 17.7 Å². The van der Waals surface area contributed by atoms with Crippen LogP contribution in [0.4, 0.5) is 0 Å². The molecule has 0 bridgehead atoms. The monoisotopic (exact) mass is 368 g/mol. The molecule has 0 heterocycles. The molecule has 18 heavy (non-hydrogen) atoms. The van der Waals surface area contributed by atoms with Crippen LogP contribution in [-0.2, 0) is 9.59 Å². The fourth-order valence-electron chi connectivity index (χ4n) is 1.68. The highest BCUT2D eigenvalue weighted by molar-refractivity contribution is 14.1. The molecular weight excluding hydrogens is 343 g/mol. The molecule has 106 valence electrons. The lowest BCUT2D eigenvalue weighted by Crippen LogP contribution is -2.44. The molecule has 0 spiro atoms. The van der Waals surface area contributed by atoms with E-state index in [9.17, 15) is 9.59 Å². The molecule has 0 aromatic heterocycles. The zero-order chi connectivity index (χ0) is 14.1. The molecule has 1 atom stereocenters. The Balaban J connectivity index is 4.00. The zero-order valence-electron chi connectivity index (χ0n) is 11.8. The number of carbonyl (C=O) groups is 2. The minimum Gasteiger partial charge on any atom is -0.355 e. The molecule has 4 nitrogen and oxygen atoms in total. The Morgan fingerprint density at radius 2 is 1.89 bits per heavy atom. The maximum absolute atomic E-state index is 12.0. The van der Waals surface area contributed by atoms with E-state index in [4.69, 9.17) is 0 Å². The van der Waals surface area contributed by atoms with Crippen LogP contribution in [0.15, 0.2) is 0 Å². The molecule has 1 N–H and O–H groups in total. The molecule has 0 aromatic carbocycles. The smallest absolute Gasteiger partial charge is 0.237 e. The Morgan fingerprint density at radius 1 is 1.28 bits per heavy atom. The van der Waals surface area contributed by atoms with Crippen LogP contribution in [0.3, 0.4) is 0 Å². The van der Waals surface area contributed by atoms with Crippen molar-refractivity contribution in [3.8, 4) is 0 Å². The van der Waals surface area contributed by atoms with Crippen molar-refractivity contribution in [2.45, 2.75) is 39.2 Å². The second-order valence-corrected chi connectivity index (χ2v) is 5.94. The topological polar surface area (TPSA) is 49.4 Å². The number of rotatable bonds is 9. The molecule has 0 aliphatic carbocycles. The standard InChI is InChI=1S/C13H25IN2O2/c1-10(2)8-12(16(3)4)13(18)15-7-5-6-11(17)9-14/h10,12H,5-9H2,1-4H3,(H,15,18). The van der Waals surface area contributed by atoms with E-state index in [1.807, 2.05) is 19.0 Å². The number of nitrogens with zero attached hydrogens (tertiary/aromatic N) is 1. The van der Waals surface area contributed by atoms with Crippen molar-refractivity contribution in [1.82, 2.24) is 10.2 Å². The van der Waals surface area contributed by atoms with E-state index in [2.05, 4.69) is 41.8 Å². The minimum absolute atomic E-state index is 0.0654. The summed E-state index contributed by atoms with van der Waals surface area (Å²) in [7, 11) is 3.85. The van der Waals surface area contributed by atoms with Gasteiger partial charge in [-0.3, -0.25) is 14.5 Å². The Kier molecular flexibility index (Phi) is 9.63. The zero-order valence-corrected chi connectivity index (χ0v) is 14.0. The van der Waals surface area contributed by atoms with Crippen LogP contribution in [0.25, 0.3) is 0 Å².